The van der Waals surface area contributed by atoms with Crippen molar-refractivity contribution in [1.29, 1.82) is 0 Å². The van der Waals surface area contributed by atoms with E-state index in [0.717, 1.165) is 12.8 Å². The highest BCUT2D eigenvalue weighted by Crippen LogP contribution is 2.16. The Kier molecular flexibility index (Phi) is 13.8. The smallest absolute Gasteiger partial charge is 0.241 e. The van der Waals surface area contributed by atoms with E-state index in [-0.39, 0.29) is 15.9 Å². The molecule has 0 bridgehead atoms. The predicted molar refractivity (Wildman–Crippen MR) is 142 cm³/mol. The third kappa shape index (κ3) is 14.4. The molecule has 0 aliphatic rings. The molecule has 0 heterocycles. The fourth-order valence-electron chi connectivity index (χ4n) is 3.48. The van der Waals surface area contributed by atoms with Crippen LogP contribution in [-0.4, -0.2) is 25.0 Å². The molecule has 1 amide bonds. The van der Waals surface area contributed by atoms with Crippen LogP contribution >= 0.6 is 12.2 Å². The number of unbranched alkanes of at least 4 members (excludes halogenated alkanes) is 10. The van der Waals surface area contributed by atoms with Crippen molar-refractivity contribution < 1.29 is 13.2 Å². The van der Waals surface area contributed by atoms with E-state index in [4.69, 9.17) is 12.2 Å². The summed E-state index contributed by atoms with van der Waals surface area (Å²) in [5.74, 6) is -0.100. The molecule has 0 unspecified atom stereocenters. The van der Waals surface area contributed by atoms with Gasteiger partial charge in [0.05, 0.1) is 4.90 Å². The van der Waals surface area contributed by atoms with Gasteiger partial charge in [0.25, 0.3) is 0 Å². The molecule has 0 fully saturated rings. The van der Waals surface area contributed by atoms with E-state index in [2.05, 4.69) is 22.3 Å². The van der Waals surface area contributed by atoms with Crippen LogP contribution in [0.1, 0.15) is 105 Å². The summed E-state index contributed by atoms with van der Waals surface area (Å²) in [7, 11) is -3.59. The number of amides is 1. The van der Waals surface area contributed by atoms with Crippen LogP contribution < -0.4 is 15.4 Å². The van der Waals surface area contributed by atoms with Crippen molar-refractivity contribution in [2.45, 2.75) is 115 Å². The van der Waals surface area contributed by atoms with Crippen molar-refractivity contribution >= 4 is 38.9 Å². The molecule has 8 heteroatoms. The maximum absolute atomic E-state index is 12.4. The van der Waals surface area contributed by atoms with Crippen molar-refractivity contribution in [3.8, 4) is 0 Å². The van der Waals surface area contributed by atoms with Gasteiger partial charge in [-0.05, 0) is 63.7 Å². The fourth-order valence-corrected chi connectivity index (χ4v) is 5.13. The lowest BCUT2D eigenvalue weighted by Gasteiger charge is -2.20. The first-order valence-corrected chi connectivity index (χ1v) is 14.2. The number of rotatable bonds is 15. The summed E-state index contributed by atoms with van der Waals surface area (Å²) in [6, 6.07) is 6.26. The number of hydrogen-bond acceptors (Lipinski definition) is 4. The second-order valence-electron chi connectivity index (χ2n) is 9.67. The molecule has 0 aliphatic carbocycles. The summed E-state index contributed by atoms with van der Waals surface area (Å²) in [5, 5.41) is 5.83. The molecule has 0 atom stereocenters. The van der Waals surface area contributed by atoms with Crippen molar-refractivity contribution in [2.75, 3.05) is 5.32 Å². The molecule has 0 spiro atoms. The zero-order chi connectivity index (χ0) is 24.7. The van der Waals surface area contributed by atoms with Gasteiger partial charge in [-0.25, -0.2) is 13.1 Å². The molecule has 33 heavy (non-hydrogen) atoms. The first kappa shape index (κ1) is 29.5. The molecule has 0 radical (unpaired) electrons. The molecule has 1 aromatic rings. The normalized spacial score (nSPS) is 11.9. The average molecular weight is 498 g/mol. The summed E-state index contributed by atoms with van der Waals surface area (Å²) < 4.78 is 27.3. The Bertz CT molecular complexity index is 816. The highest BCUT2D eigenvalue weighted by Gasteiger charge is 2.21. The molecule has 0 aromatic heterocycles. The van der Waals surface area contributed by atoms with Gasteiger partial charge in [-0.2, -0.15) is 0 Å². The topological polar surface area (TPSA) is 87.3 Å². The van der Waals surface area contributed by atoms with Gasteiger partial charge in [-0.3, -0.25) is 4.79 Å². The highest BCUT2D eigenvalue weighted by atomic mass is 32.2. The molecule has 6 nitrogen and oxygen atoms in total. The van der Waals surface area contributed by atoms with E-state index in [9.17, 15) is 13.2 Å². The van der Waals surface area contributed by atoms with Crippen LogP contribution in [0, 0.1) is 0 Å². The van der Waals surface area contributed by atoms with E-state index in [0.29, 0.717) is 12.1 Å². The van der Waals surface area contributed by atoms with Gasteiger partial charge in [0, 0.05) is 17.6 Å². The van der Waals surface area contributed by atoms with Crippen molar-refractivity contribution in [1.82, 2.24) is 10.0 Å². The Balaban J connectivity index is 2.22. The number of carbonyl (C=O) groups is 1. The Hall–Kier alpha value is -1.51. The van der Waals surface area contributed by atoms with Crippen LogP contribution in [0.5, 0.6) is 0 Å². The number of sulfonamides is 1. The zero-order valence-corrected chi connectivity index (χ0v) is 22.5. The number of carbonyl (C=O) groups excluding carboxylic acids is 1. The van der Waals surface area contributed by atoms with Gasteiger partial charge in [0.2, 0.25) is 15.9 Å². The number of benzene rings is 1. The molecule has 188 valence electrons. The van der Waals surface area contributed by atoms with Gasteiger partial charge >= 0.3 is 0 Å². The minimum absolute atomic E-state index is 0.100. The van der Waals surface area contributed by atoms with E-state index < -0.39 is 15.6 Å². The van der Waals surface area contributed by atoms with Gasteiger partial charge in [0.1, 0.15) is 0 Å². The van der Waals surface area contributed by atoms with Gasteiger partial charge in [0.15, 0.2) is 5.11 Å². The zero-order valence-electron chi connectivity index (χ0n) is 20.8. The summed E-state index contributed by atoms with van der Waals surface area (Å²) in [4.78, 5) is 12.3. The molecular weight excluding hydrogens is 454 g/mol. The Morgan fingerprint density at radius 1 is 0.848 bits per heavy atom. The number of thiocarbonyl (C=S) groups is 1. The summed E-state index contributed by atoms with van der Waals surface area (Å²) >= 11 is 5.20. The van der Waals surface area contributed by atoms with Crippen molar-refractivity contribution in [3.05, 3.63) is 24.3 Å². The highest BCUT2D eigenvalue weighted by molar-refractivity contribution is 7.89. The Morgan fingerprint density at radius 2 is 1.33 bits per heavy atom. The van der Waals surface area contributed by atoms with Gasteiger partial charge in [-0.15, -0.1) is 0 Å². The first-order chi connectivity index (χ1) is 15.5. The Morgan fingerprint density at radius 3 is 1.82 bits per heavy atom. The lowest BCUT2D eigenvalue weighted by Crippen LogP contribution is -2.40. The van der Waals surface area contributed by atoms with Crippen LogP contribution in [-0.2, 0) is 14.8 Å². The van der Waals surface area contributed by atoms with E-state index in [1.165, 1.54) is 69.9 Å². The largest absolute Gasteiger partial charge is 0.332 e. The van der Waals surface area contributed by atoms with Crippen LogP contribution in [0.15, 0.2) is 29.2 Å². The summed E-state index contributed by atoms with van der Waals surface area (Å²) in [5.41, 5.74) is 0.0554. The first-order valence-electron chi connectivity index (χ1n) is 12.3. The molecular formula is C25H43N3O3S2. The van der Waals surface area contributed by atoms with Crippen LogP contribution in [0.25, 0.3) is 0 Å². The Labute approximate surface area is 206 Å². The quantitative estimate of drug-likeness (QED) is 0.196. The van der Waals surface area contributed by atoms with Crippen LogP contribution in [0.2, 0.25) is 0 Å². The van der Waals surface area contributed by atoms with Crippen molar-refractivity contribution in [3.63, 3.8) is 0 Å². The van der Waals surface area contributed by atoms with Crippen LogP contribution in [0.4, 0.5) is 5.69 Å². The average Bonchev–Trinajstić information content (AvgIpc) is 2.70. The van der Waals surface area contributed by atoms with Gasteiger partial charge in [-0.1, -0.05) is 71.1 Å². The lowest BCUT2D eigenvalue weighted by atomic mass is 10.1. The lowest BCUT2D eigenvalue weighted by molar-refractivity contribution is -0.119. The standard InChI is InChI=1S/C25H43N3O3S2/c1-5-6-7-8-9-10-11-12-13-14-15-16-23(29)27-24(32)26-21-17-19-22(20-18-21)33(30,31)28-25(2,3)4/h17-20,28H,5-16H2,1-4H3,(H2,26,27,29,32). The monoisotopic (exact) mass is 497 g/mol. The molecule has 1 rings (SSSR count). The predicted octanol–water partition coefficient (Wildman–Crippen LogP) is 6.28. The summed E-state index contributed by atoms with van der Waals surface area (Å²) in [6.45, 7) is 7.61. The number of anilines is 1. The number of hydrogen-bond donors (Lipinski definition) is 3. The molecule has 0 saturated heterocycles. The maximum atomic E-state index is 12.4. The number of nitrogens with one attached hydrogen (secondary N) is 3. The second kappa shape index (κ2) is 15.4. The fraction of sp³-hybridized carbons (Fsp3) is 0.680. The third-order valence-electron chi connectivity index (χ3n) is 5.12. The second-order valence-corrected chi connectivity index (χ2v) is 11.8. The minimum Gasteiger partial charge on any atom is -0.332 e. The third-order valence-corrected chi connectivity index (χ3v) is 7.10. The van der Waals surface area contributed by atoms with E-state index >= 15 is 0 Å². The SMILES string of the molecule is CCCCCCCCCCCCCC(=O)NC(=S)Nc1ccc(S(=O)(=O)NC(C)(C)C)cc1. The molecule has 0 aliphatic heterocycles. The molecule has 0 saturated carbocycles. The van der Waals surface area contributed by atoms with E-state index in [1.807, 2.05) is 0 Å². The maximum Gasteiger partial charge on any atom is 0.241 e. The minimum atomic E-state index is -3.59. The van der Waals surface area contributed by atoms with Crippen molar-refractivity contribution in [2.24, 2.45) is 0 Å². The van der Waals surface area contributed by atoms with Crippen LogP contribution in [0.3, 0.4) is 0 Å². The molecule has 3 N–H and O–H groups in total. The van der Waals surface area contributed by atoms with Gasteiger partial charge < -0.3 is 10.6 Å². The van der Waals surface area contributed by atoms with E-state index in [1.54, 1.807) is 32.9 Å². The molecule has 1 aromatic carbocycles. The summed E-state index contributed by atoms with van der Waals surface area (Å²) in [6.07, 6.45) is 14.1.